The van der Waals surface area contributed by atoms with Crippen molar-refractivity contribution in [3.05, 3.63) is 29.3 Å². The second-order valence-corrected chi connectivity index (χ2v) is 6.81. The van der Waals surface area contributed by atoms with Crippen LogP contribution in [0.5, 0.6) is 0 Å². The molecule has 21 heavy (non-hydrogen) atoms. The summed E-state index contributed by atoms with van der Waals surface area (Å²) < 4.78 is 31.3. The zero-order valence-electron chi connectivity index (χ0n) is 12.0. The number of sulfonamides is 1. The van der Waals surface area contributed by atoms with E-state index >= 15 is 0 Å². The first-order chi connectivity index (χ1) is 10.0. The van der Waals surface area contributed by atoms with Crippen molar-refractivity contribution in [2.24, 2.45) is 0 Å². The molecule has 1 aromatic rings. The van der Waals surface area contributed by atoms with Gasteiger partial charge in [0.25, 0.3) is 0 Å². The monoisotopic (exact) mass is 312 g/mol. The van der Waals surface area contributed by atoms with E-state index in [2.05, 4.69) is 14.8 Å². The van der Waals surface area contributed by atoms with Crippen LogP contribution in [0.2, 0.25) is 0 Å². The van der Waals surface area contributed by atoms with E-state index in [1.807, 2.05) is 12.1 Å². The molecule has 0 radical (unpaired) electrons. The van der Waals surface area contributed by atoms with E-state index in [0.29, 0.717) is 5.69 Å². The number of benzene rings is 1. The molecule has 0 spiro atoms. The second kappa shape index (κ2) is 6.91. The van der Waals surface area contributed by atoms with E-state index in [1.165, 1.54) is 7.11 Å². The Labute approximate surface area is 124 Å². The predicted octanol–water partition coefficient (Wildman–Crippen LogP) is 1.03. The number of hydrogen-bond donors (Lipinski definition) is 2. The van der Waals surface area contributed by atoms with Crippen molar-refractivity contribution in [3.8, 4) is 0 Å². The molecule has 0 bridgehead atoms. The van der Waals surface area contributed by atoms with Crippen LogP contribution in [0.25, 0.3) is 0 Å². The molecule has 0 fully saturated rings. The van der Waals surface area contributed by atoms with Crippen molar-refractivity contribution < 1.29 is 17.9 Å². The first-order valence-electron chi connectivity index (χ1n) is 6.90. The van der Waals surface area contributed by atoms with Gasteiger partial charge in [0.05, 0.1) is 18.6 Å². The van der Waals surface area contributed by atoms with Gasteiger partial charge in [0.15, 0.2) is 0 Å². The highest BCUT2D eigenvalue weighted by Crippen LogP contribution is 2.24. The molecule has 6 nitrogen and oxygen atoms in total. The van der Waals surface area contributed by atoms with E-state index in [1.54, 1.807) is 6.07 Å². The van der Waals surface area contributed by atoms with Gasteiger partial charge >= 0.3 is 5.97 Å². The van der Waals surface area contributed by atoms with Gasteiger partial charge in [-0.1, -0.05) is 12.1 Å². The fourth-order valence-electron chi connectivity index (χ4n) is 2.35. The molecule has 1 aliphatic rings. The minimum absolute atomic E-state index is 0.0932. The number of ether oxygens (including phenoxy) is 1. The predicted molar refractivity (Wildman–Crippen MR) is 80.5 cm³/mol. The maximum atomic E-state index is 12.1. The van der Waals surface area contributed by atoms with Crippen molar-refractivity contribution in [2.45, 2.75) is 25.8 Å². The van der Waals surface area contributed by atoms with Crippen molar-refractivity contribution >= 4 is 21.7 Å². The fourth-order valence-corrected chi connectivity index (χ4v) is 3.51. The number of rotatable bonds is 6. The van der Waals surface area contributed by atoms with Crippen LogP contribution in [-0.2, 0) is 32.5 Å². The van der Waals surface area contributed by atoms with Crippen LogP contribution in [0.4, 0.5) is 5.69 Å². The lowest BCUT2D eigenvalue weighted by molar-refractivity contribution is -0.140. The molecule has 0 unspecified atom stereocenters. The van der Waals surface area contributed by atoms with Crippen LogP contribution in [0.1, 0.15) is 24.0 Å². The molecule has 1 aliphatic heterocycles. The summed E-state index contributed by atoms with van der Waals surface area (Å²) >= 11 is 0. The maximum absolute atomic E-state index is 12.1. The van der Waals surface area contributed by atoms with E-state index in [9.17, 15) is 13.2 Å². The van der Waals surface area contributed by atoms with Crippen LogP contribution < -0.4 is 10.0 Å². The molecule has 2 rings (SSSR count). The second-order valence-electron chi connectivity index (χ2n) is 4.97. The Bertz CT molecular complexity index is 613. The summed E-state index contributed by atoms with van der Waals surface area (Å²) in [6.45, 7) is 1.60. The number of fused-ring (bicyclic) bond motifs is 1. The van der Waals surface area contributed by atoms with Gasteiger partial charge in [-0.05, 0) is 36.6 Å². The molecule has 0 saturated carbocycles. The smallest absolute Gasteiger partial charge is 0.305 e. The molecule has 1 heterocycles. The summed E-state index contributed by atoms with van der Waals surface area (Å²) in [4.78, 5) is 11.0. The van der Waals surface area contributed by atoms with Gasteiger partial charge in [-0.15, -0.1) is 0 Å². The number of methoxy groups -OCH3 is 1. The third-order valence-corrected chi connectivity index (χ3v) is 4.78. The van der Waals surface area contributed by atoms with Crippen molar-refractivity contribution in [2.75, 3.05) is 24.1 Å². The van der Waals surface area contributed by atoms with Crippen molar-refractivity contribution in [1.29, 1.82) is 0 Å². The van der Waals surface area contributed by atoms with Gasteiger partial charge in [-0.3, -0.25) is 9.52 Å². The SMILES string of the molecule is COC(=O)CCCS(=O)(=O)Nc1cccc2c1CCNC2. The molecule has 0 atom stereocenters. The average molecular weight is 312 g/mol. The topological polar surface area (TPSA) is 84.5 Å². The third-order valence-electron chi connectivity index (χ3n) is 3.43. The highest BCUT2D eigenvalue weighted by Gasteiger charge is 2.17. The van der Waals surface area contributed by atoms with Crippen LogP contribution in [0.3, 0.4) is 0 Å². The molecular formula is C14H20N2O4S. The first kappa shape index (κ1) is 15.8. The molecule has 0 amide bonds. The minimum atomic E-state index is -3.45. The highest BCUT2D eigenvalue weighted by atomic mass is 32.2. The molecule has 0 saturated heterocycles. The summed E-state index contributed by atoms with van der Waals surface area (Å²) in [5.74, 6) is -0.488. The van der Waals surface area contributed by atoms with Gasteiger partial charge in [-0.2, -0.15) is 0 Å². The molecule has 1 aromatic carbocycles. The molecule has 2 N–H and O–H groups in total. The lowest BCUT2D eigenvalue weighted by atomic mass is 9.99. The standard InChI is InChI=1S/C14H20N2O4S/c1-20-14(17)6-3-9-21(18,19)16-13-5-2-4-11-10-15-8-7-12(11)13/h2,4-5,15-16H,3,6-10H2,1H3. The average Bonchev–Trinajstić information content (AvgIpc) is 2.47. The largest absolute Gasteiger partial charge is 0.469 e. The van der Waals surface area contributed by atoms with Gasteiger partial charge in [0.2, 0.25) is 10.0 Å². The lowest BCUT2D eigenvalue weighted by Gasteiger charge is -2.21. The lowest BCUT2D eigenvalue weighted by Crippen LogP contribution is -2.26. The van der Waals surface area contributed by atoms with Crippen LogP contribution in [0.15, 0.2) is 18.2 Å². The Hall–Kier alpha value is -1.60. The Morgan fingerprint density at radius 2 is 2.24 bits per heavy atom. The van der Waals surface area contributed by atoms with Gasteiger partial charge in [0.1, 0.15) is 0 Å². The molecule has 7 heteroatoms. The Morgan fingerprint density at radius 1 is 1.43 bits per heavy atom. The number of anilines is 1. The van der Waals surface area contributed by atoms with Crippen molar-refractivity contribution in [3.63, 3.8) is 0 Å². The summed E-state index contributed by atoms with van der Waals surface area (Å²) in [5.41, 5.74) is 2.82. The number of carbonyl (C=O) groups excluding carboxylic acids is 1. The summed E-state index contributed by atoms with van der Waals surface area (Å²) in [5, 5.41) is 3.26. The van der Waals surface area contributed by atoms with Gasteiger partial charge in [-0.25, -0.2) is 8.42 Å². The Morgan fingerprint density at radius 3 is 3.00 bits per heavy atom. The third kappa shape index (κ3) is 4.44. The van der Waals surface area contributed by atoms with Crippen LogP contribution in [0, 0.1) is 0 Å². The zero-order chi connectivity index (χ0) is 15.3. The summed E-state index contributed by atoms with van der Waals surface area (Å²) in [6, 6.07) is 5.62. The van der Waals surface area contributed by atoms with Crippen LogP contribution >= 0.6 is 0 Å². The van der Waals surface area contributed by atoms with Crippen LogP contribution in [-0.4, -0.2) is 33.8 Å². The minimum Gasteiger partial charge on any atom is -0.469 e. The quantitative estimate of drug-likeness (QED) is 0.766. The molecule has 0 aromatic heterocycles. The number of hydrogen-bond acceptors (Lipinski definition) is 5. The number of esters is 1. The Kier molecular flexibility index (Phi) is 5.19. The molecule has 116 valence electrons. The molecular weight excluding hydrogens is 292 g/mol. The highest BCUT2D eigenvalue weighted by molar-refractivity contribution is 7.92. The van der Waals surface area contributed by atoms with Gasteiger partial charge < -0.3 is 10.1 Å². The summed E-state index contributed by atoms with van der Waals surface area (Å²) in [7, 11) is -2.16. The fraction of sp³-hybridized carbons (Fsp3) is 0.500. The van der Waals surface area contributed by atoms with Gasteiger partial charge in [0, 0.05) is 13.0 Å². The zero-order valence-corrected chi connectivity index (χ0v) is 12.8. The number of carbonyl (C=O) groups is 1. The van der Waals surface area contributed by atoms with Crippen molar-refractivity contribution in [1.82, 2.24) is 5.32 Å². The van der Waals surface area contributed by atoms with E-state index in [4.69, 9.17) is 0 Å². The van der Waals surface area contributed by atoms with E-state index in [0.717, 1.165) is 30.6 Å². The van der Waals surface area contributed by atoms with E-state index in [-0.39, 0.29) is 18.6 Å². The normalized spacial score (nSPS) is 14.3. The Balaban J connectivity index is 2.02. The molecule has 0 aliphatic carbocycles. The first-order valence-corrected chi connectivity index (χ1v) is 8.56. The maximum Gasteiger partial charge on any atom is 0.305 e. The number of nitrogens with one attached hydrogen (secondary N) is 2. The summed E-state index contributed by atoms with van der Waals surface area (Å²) in [6.07, 6.45) is 1.16. The van der Waals surface area contributed by atoms with E-state index < -0.39 is 16.0 Å².